The van der Waals surface area contributed by atoms with Gasteiger partial charge >= 0.3 is 6.18 Å². The van der Waals surface area contributed by atoms with Gasteiger partial charge in [0.2, 0.25) is 41.0 Å². The SMILES string of the molecule is CC[C@H](NC(=O)[C@@H]1CC(F)(F)CN1C(=O)[C@@](C)(O)C(F)(F)F)C(=O)N(C)[C@H]1CCCCNC(=O)C(C)(C)NC(=O)[C@H](Cc2cccc(Cl)c2)N(C)C(=O)[C@H](CC(C)C)NC1=O. The second-order valence-corrected chi connectivity index (χ2v) is 17.3. The van der Waals surface area contributed by atoms with Crippen molar-refractivity contribution in [1.29, 1.82) is 0 Å². The zero-order valence-corrected chi connectivity index (χ0v) is 36.3. The van der Waals surface area contributed by atoms with E-state index in [0.717, 1.165) is 4.90 Å². The molecule has 61 heavy (non-hydrogen) atoms. The van der Waals surface area contributed by atoms with E-state index in [-0.39, 0.29) is 62.8 Å². The Kier molecular flexibility index (Phi) is 16.7. The molecule has 0 radical (unpaired) electrons. The summed E-state index contributed by atoms with van der Waals surface area (Å²) in [6, 6.07) is -0.844. The summed E-state index contributed by atoms with van der Waals surface area (Å²) < 4.78 is 69.7. The average molecular weight is 894 g/mol. The summed E-state index contributed by atoms with van der Waals surface area (Å²) in [5.74, 6) is -11.1. The topological polar surface area (TPSA) is 198 Å². The van der Waals surface area contributed by atoms with Gasteiger partial charge in [-0.2, -0.15) is 13.2 Å². The normalized spacial score (nSPS) is 24.6. The van der Waals surface area contributed by atoms with Crippen LogP contribution in [-0.4, -0.2) is 142 Å². The maximum Gasteiger partial charge on any atom is 0.426 e. The van der Waals surface area contributed by atoms with Crippen molar-refractivity contribution in [2.75, 3.05) is 27.2 Å². The van der Waals surface area contributed by atoms with Crippen molar-refractivity contribution >= 4 is 53.0 Å². The molecule has 0 aliphatic carbocycles. The smallest absolute Gasteiger partial charge is 0.373 e. The number of likely N-dealkylation sites (tertiary alicyclic amines) is 1. The van der Waals surface area contributed by atoms with E-state index in [2.05, 4.69) is 21.3 Å². The van der Waals surface area contributed by atoms with Crippen LogP contribution < -0.4 is 21.3 Å². The first-order valence-corrected chi connectivity index (χ1v) is 20.4. The summed E-state index contributed by atoms with van der Waals surface area (Å²) in [6.45, 7) is 6.62. The Morgan fingerprint density at radius 3 is 2.30 bits per heavy atom. The second kappa shape index (κ2) is 20.1. The number of nitrogens with one attached hydrogen (secondary N) is 4. The molecule has 0 bridgehead atoms. The van der Waals surface area contributed by atoms with Crippen molar-refractivity contribution in [3.63, 3.8) is 0 Å². The van der Waals surface area contributed by atoms with Crippen LogP contribution in [0.5, 0.6) is 0 Å². The van der Waals surface area contributed by atoms with E-state index in [1.165, 1.54) is 39.8 Å². The van der Waals surface area contributed by atoms with Crippen LogP contribution >= 0.6 is 11.6 Å². The molecule has 0 saturated carbocycles. The number of amides is 7. The molecule has 6 atom stereocenters. The van der Waals surface area contributed by atoms with Crippen LogP contribution in [0.25, 0.3) is 0 Å². The fraction of sp³-hybridized carbons (Fsp3) is 0.675. The molecule has 0 unspecified atom stereocenters. The maximum absolute atomic E-state index is 14.6. The number of likely N-dealkylation sites (N-methyl/N-ethyl adjacent to an activating group) is 2. The quantitative estimate of drug-likeness (QED) is 0.221. The van der Waals surface area contributed by atoms with Crippen LogP contribution in [0.4, 0.5) is 22.0 Å². The molecule has 1 aromatic rings. The molecule has 2 heterocycles. The molecule has 15 nitrogen and oxygen atoms in total. The highest BCUT2D eigenvalue weighted by atomic mass is 35.5. The van der Waals surface area contributed by atoms with Gasteiger partial charge in [0.1, 0.15) is 35.7 Å². The third-order valence-electron chi connectivity index (χ3n) is 10.9. The zero-order chi connectivity index (χ0) is 46.4. The van der Waals surface area contributed by atoms with Gasteiger partial charge in [0, 0.05) is 38.5 Å². The Morgan fingerprint density at radius 1 is 1.08 bits per heavy atom. The number of hydrogen-bond donors (Lipinski definition) is 5. The molecule has 7 amide bonds. The zero-order valence-electron chi connectivity index (χ0n) is 35.6. The van der Waals surface area contributed by atoms with Crippen molar-refractivity contribution < 1.29 is 60.6 Å². The Hall–Kier alpha value is -4.59. The molecule has 2 saturated heterocycles. The lowest BCUT2D eigenvalue weighted by Crippen LogP contribution is -2.62. The number of halogens is 6. The van der Waals surface area contributed by atoms with Gasteiger partial charge in [0.05, 0.1) is 6.54 Å². The molecule has 0 spiro atoms. The number of hydrogen-bond acceptors (Lipinski definition) is 8. The molecule has 5 N–H and O–H groups in total. The number of carbonyl (C=O) groups excluding carboxylic acids is 7. The standard InChI is InChI=1S/C40H57ClF5N7O8/c1-9-25(48-31(55)29-20-39(42,43)21-53(29)36(60)38(6,61)40(44,45)46)33(57)51(7)27-15-10-11-16-47-35(59)37(4,5)50-32(56)28(19-23-13-12-14-24(41)18-23)52(8)34(58)26(17-22(2)3)49-30(27)54/h12-14,18,22,25-29,61H,9-11,15-17,19-21H2,1-8H3,(H,47,59)(H,48,55)(H,49,54)(H,50,56)/t25-,26-,27-,28-,29-,38+/m0/s1. The van der Waals surface area contributed by atoms with Crippen molar-refractivity contribution in [3.8, 4) is 0 Å². The van der Waals surface area contributed by atoms with Gasteiger partial charge in [-0.3, -0.25) is 33.6 Å². The van der Waals surface area contributed by atoms with Gasteiger partial charge in [-0.15, -0.1) is 0 Å². The van der Waals surface area contributed by atoms with Crippen LogP contribution in [0.2, 0.25) is 5.02 Å². The third-order valence-corrected chi connectivity index (χ3v) is 11.1. The second-order valence-electron chi connectivity index (χ2n) is 16.9. The van der Waals surface area contributed by atoms with E-state index in [1.54, 1.807) is 38.1 Å². The van der Waals surface area contributed by atoms with Crippen LogP contribution in [0.1, 0.15) is 85.6 Å². The third kappa shape index (κ3) is 12.7. The van der Waals surface area contributed by atoms with E-state index >= 15 is 0 Å². The molecule has 2 aliphatic heterocycles. The van der Waals surface area contributed by atoms with Gasteiger partial charge in [0.15, 0.2) is 0 Å². The van der Waals surface area contributed by atoms with E-state index < -0.39 is 108 Å². The number of rotatable bonds is 10. The van der Waals surface area contributed by atoms with E-state index in [0.29, 0.717) is 10.6 Å². The lowest BCUT2D eigenvalue weighted by molar-refractivity contribution is -0.250. The molecular formula is C40H57ClF5N7O8. The van der Waals surface area contributed by atoms with Gasteiger partial charge in [-0.05, 0) is 76.5 Å². The highest BCUT2D eigenvalue weighted by Gasteiger charge is 2.61. The number of nitrogens with zero attached hydrogens (tertiary/aromatic N) is 3. The van der Waals surface area contributed by atoms with Gasteiger partial charge in [0.25, 0.3) is 11.8 Å². The van der Waals surface area contributed by atoms with Crippen LogP contribution in [0, 0.1) is 5.92 Å². The van der Waals surface area contributed by atoms with E-state index in [1.807, 2.05) is 0 Å². The first-order valence-electron chi connectivity index (χ1n) is 20.0. The molecular weight excluding hydrogens is 837 g/mol. The summed E-state index contributed by atoms with van der Waals surface area (Å²) >= 11 is 6.22. The minimum Gasteiger partial charge on any atom is -0.373 e. The van der Waals surface area contributed by atoms with Crippen molar-refractivity contribution in [3.05, 3.63) is 34.9 Å². The molecule has 2 fully saturated rings. The fourth-order valence-electron chi connectivity index (χ4n) is 7.16. The van der Waals surface area contributed by atoms with Crippen molar-refractivity contribution in [2.24, 2.45) is 5.92 Å². The predicted molar refractivity (Wildman–Crippen MR) is 213 cm³/mol. The number of benzene rings is 1. The Bertz CT molecular complexity index is 1810. The highest BCUT2D eigenvalue weighted by molar-refractivity contribution is 6.30. The largest absolute Gasteiger partial charge is 0.426 e. The summed E-state index contributed by atoms with van der Waals surface area (Å²) in [5, 5.41) is 20.8. The molecule has 1 aromatic carbocycles. The van der Waals surface area contributed by atoms with E-state index in [9.17, 15) is 60.6 Å². The number of carbonyl (C=O) groups is 7. The Balaban J connectivity index is 1.97. The van der Waals surface area contributed by atoms with E-state index in [4.69, 9.17) is 11.6 Å². The number of alkyl halides is 5. The maximum atomic E-state index is 14.6. The first kappa shape index (κ1) is 50.8. The minimum atomic E-state index is -5.57. The Labute approximate surface area is 356 Å². The monoisotopic (exact) mass is 893 g/mol. The van der Waals surface area contributed by atoms with Crippen LogP contribution in [-0.2, 0) is 40.0 Å². The lowest BCUT2D eigenvalue weighted by atomic mass is 9.97. The van der Waals surface area contributed by atoms with Gasteiger partial charge < -0.3 is 41.1 Å². The minimum absolute atomic E-state index is 0.0231. The van der Waals surface area contributed by atoms with Crippen LogP contribution in [0.15, 0.2) is 24.3 Å². The van der Waals surface area contributed by atoms with Gasteiger partial charge in [-0.1, -0.05) is 44.5 Å². The highest BCUT2D eigenvalue weighted by Crippen LogP contribution is 2.38. The molecule has 342 valence electrons. The number of aliphatic hydroxyl groups is 1. The van der Waals surface area contributed by atoms with Crippen molar-refractivity contribution in [1.82, 2.24) is 36.0 Å². The average Bonchev–Trinajstić information content (AvgIpc) is 3.49. The summed E-state index contributed by atoms with van der Waals surface area (Å²) in [5.41, 5.74) is -4.93. The predicted octanol–water partition coefficient (Wildman–Crippen LogP) is 2.71. The lowest BCUT2D eigenvalue weighted by Gasteiger charge is -2.36. The molecule has 3 rings (SSSR count). The fourth-order valence-corrected chi connectivity index (χ4v) is 7.37. The molecule has 0 aromatic heterocycles. The first-order chi connectivity index (χ1) is 28.0. The molecule has 2 aliphatic rings. The summed E-state index contributed by atoms with van der Waals surface area (Å²) in [4.78, 5) is 98.2. The van der Waals surface area contributed by atoms with Gasteiger partial charge in [-0.25, -0.2) is 8.78 Å². The van der Waals surface area contributed by atoms with Crippen molar-refractivity contribution in [2.45, 2.75) is 140 Å². The molecule has 21 heteroatoms. The Morgan fingerprint density at radius 2 is 1.72 bits per heavy atom. The summed E-state index contributed by atoms with van der Waals surface area (Å²) in [7, 11) is 2.62. The summed E-state index contributed by atoms with van der Waals surface area (Å²) in [6.07, 6.45) is -6.61. The van der Waals surface area contributed by atoms with Crippen LogP contribution in [0.3, 0.4) is 0 Å².